The number of carbonyl (C=O) groups excluding carboxylic acids is 1. The summed E-state index contributed by atoms with van der Waals surface area (Å²) in [5, 5.41) is 0. The van der Waals surface area contributed by atoms with Crippen LogP contribution in [0.1, 0.15) is 95.8 Å². The highest BCUT2D eigenvalue weighted by Gasteiger charge is 2.20. The third-order valence-corrected chi connectivity index (χ3v) is 6.68. The number of ether oxygens (including phenoxy) is 2. The second-order valence-corrected chi connectivity index (χ2v) is 10.8. The number of pyridine rings is 1. The van der Waals surface area contributed by atoms with Crippen molar-refractivity contribution in [1.82, 2.24) is 9.88 Å². The number of nitrogens with zero attached hydrogens (tertiary/aromatic N) is 2. The van der Waals surface area contributed by atoms with Gasteiger partial charge in [0.15, 0.2) is 12.1 Å². The summed E-state index contributed by atoms with van der Waals surface area (Å²) in [5.74, 6) is 8.69. The summed E-state index contributed by atoms with van der Waals surface area (Å²) in [6, 6.07) is 3.43. The van der Waals surface area contributed by atoms with Crippen LogP contribution < -0.4 is 0 Å². The van der Waals surface area contributed by atoms with Gasteiger partial charge in [-0.05, 0) is 69.0 Å². The second-order valence-electron chi connectivity index (χ2n) is 10.8. The van der Waals surface area contributed by atoms with Crippen molar-refractivity contribution in [3.8, 4) is 24.2 Å². The number of carbonyl (C=O) groups is 1. The molecule has 0 bridgehead atoms. The third-order valence-electron chi connectivity index (χ3n) is 6.68. The first kappa shape index (κ1) is 37.4. The van der Waals surface area contributed by atoms with Crippen LogP contribution in [0.15, 0.2) is 83.9 Å². The highest BCUT2D eigenvalue weighted by atomic mass is 16.7. The lowest BCUT2D eigenvalue weighted by Gasteiger charge is -2.26. The van der Waals surface area contributed by atoms with Crippen LogP contribution in [0.5, 0.6) is 0 Å². The first-order valence-corrected chi connectivity index (χ1v) is 15.5. The van der Waals surface area contributed by atoms with E-state index in [4.69, 9.17) is 15.9 Å². The van der Waals surface area contributed by atoms with Crippen LogP contribution >= 0.6 is 0 Å². The Bertz CT molecular complexity index is 1190. The Morgan fingerprint density at radius 3 is 2.58 bits per heavy atom. The summed E-state index contributed by atoms with van der Waals surface area (Å²) >= 11 is 0. The van der Waals surface area contributed by atoms with Gasteiger partial charge in [-0.2, -0.15) is 0 Å². The van der Waals surface area contributed by atoms with E-state index in [-0.39, 0.29) is 0 Å². The van der Waals surface area contributed by atoms with Crippen LogP contribution in [-0.2, 0) is 9.47 Å². The molecule has 5 nitrogen and oxygen atoms in total. The molecule has 0 spiro atoms. The van der Waals surface area contributed by atoms with Gasteiger partial charge < -0.3 is 14.4 Å². The fourth-order valence-electron chi connectivity index (χ4n) is 4.08. The molecule has 0 aromatic carbocycles. The number of unbranched alkanes of at least 4 members (excludes halogenated alkanes) is 6. The Morgan fingerprint density at radius 2 is 1.95 bits per heavy atom. The summed E-state index contributed by atoms with van der Waals surface area (Å²) in [4.78, 5) is 15.9. The van der Waals surface area contributed by atoms with Crippen LogP contribution in [0.2, 0.25) is 0 Å². The van der Waals surface area contributed by atoms with E-state index in [9.17, 15) is 4.79 Å². The molecule has 2 rings (SSSR count). The Morgan fingerprint density at radius 1 is 1.19 bits per heavy atom. The number of rotatable bonds is 16. The molecule has 5 heteroatoms. The topological polar surface area (TPSA) is 51.7 Å². The molecule has 43 heavy (non-hydrogen) atoms. The normalized spacial score (nSPS) is 13.8. The fourth-order valence-corrected chi connectivity index (χ4v) is 4.08. The van der Waals surface area contributed by atoms with Gasteiger partial charge >= 0.3 is 0 Å². The van der Waals surface area contributed by atoms with Crippen molar-refractivity contribution in [2.75, 3.05) is 20.7 Å². The van der Waals surface area contributed by atoms with Gasteiger partial charge in [-0.1, -0.05) is 88.0 Å². The van der Waals surface area contributed by atoms with Crippen molar-refractivity contribution in [1.29, 1.82) is 0 Å². The average Bonchev–Trinajstić information content (AvgIpc) is 3.25. The number of allylic oxidation sites excluding steroid dienone is 6. The molecule has 1 unspecified atom stereocenters. The van der Waals surface area contributed by atoms with Crippen molar-refractivity contribution >= 4 is 6.29 Å². The Balaban J connectivity index is 0.000000990. The molecule has 1 aromatic rings. The summed E-state index contributed by atoms with van der Waals surface area (Å²) in [6.45, 7) is 8.89. The van der Waals surface area contributed by atoms with Gasteiger partial charge in [0, 0.05) is 56.4 Å². The number of terminal acetylenes is 1. The SMILES string of the molecule is C#CC(/C=C\C(=C/CC)N(C)CC1=CC=C(C#CCCCCCCCC)CC=C1)OC(C)(C)OC.O=Cc1cccnc1. The number of hydrogen-bond donors (Lipinski definition) is 0. The van der Waals surface area contributed by atoms with Crippen LogP contribution in [0, 0.1) is 24.2 Å². The predicted octanol–water partition coefficient (Wildman–Crippen LogP) is 8.63. The first-order valence-electron chi connectivity index (χ1n) is 15.5. The molecular formula is C38H52N2O3. The molecule has 232 valence electrons. The van der Waals surface area contributed by atoms with Gasteiger partial charge in [0.1, 0.15) is 6.10 Å². The van der Waals surface area contributed by atoms with Crippen LogP contribution in [0.3, 0.4) is 0 Å². The van der Waals surface area contributed by atoms with E-state index >= 15 is 0 Å². The molecular weight excluding hydrogens is 532 g/mol. The molecule has 0 radical (unpaired) electrons. The molecule has 0 saturated carbocycles. The smallest absolute Gasteiger partial charge is 0.164 e. The summed E-state index contributed by atoms with van der Waals surface area (Å²) in [7, 11) is 3.71. The molecule has 1 atom stereocenters. The maximum atomic E-state index is 9.97. The maximum Gasteiger partial charge on any atom is 0.164 e. The first-order chi connectivity index (χ1) is 20.8. The zero-order valence-corrected chi connectivity index (χ0v) is 27.3. The molecule has 0 N–H and O–H groups in total. The van der Waals surface area contributed by atoms with Crippen LogP contribution in [-0.4, -0.2) is 48.8 Å². The van der Waals surface area contributed by atoms with Gasteiger partial charge in [-0.15, -0.1) is 6.42 Å². The third kappa shape index (κ3) is 17.8. The van der Waals surface area contributed by atoms with Gasteiger partial charge in [-0.3, -0.25) is 9.78 Å². The van der Waals surface area contributed by atoms with E-state index in [1.807, 2.05) is 26.0 Å². The molecule has 1 aromatic heterocycles. The fraction of sp³-hybridized carbons (Fsp3) is 0.474. The van der Waals surface area contributed by atoms with E-state index in [1.165, 1.54) is 55.9 Å². The second kappa shape index (κ2) is 22.9. The Hall–Kier alpha value is -3.64. The summed E-state index contributed by atoms with van der Waals surface area (Å²) in [5.41, 5.74) is 4.16. The van der Waals surface area contributed by atoms with Crippen molar-refractivity contribution in [2.45, 2.75) is 97.4 Å². The lowest BCUT2D eigenvalue weighted by atomic mass is 10.1. The molecule has 1 aliphatic carbocycles. The van der Waals surface area contributed by atoms with Gasteiger partial charge in [0.2, 0.25) is 0 Å². The highest BCUT2D eigenvalue weighted by molar-refractivity contribution is 5.73. The van der Waals surface area contributed by atoms with Gasteiger partial charge in [0.25, 0.3) is 0 Å². The largest absolute Gasteiger partial charge is 0.371 e. The molecule has 0 fully saturated rings. The summed E-state index contributed by atoms with van der Waals surface area (Å²) < 4.78 is 11.2. The number of methoxy groups -OCH3 is 1. The van der Waals surface area contributed by atoms with E-state index in [0.29, 0.717) is 5.56 Å². The lowest BCUT2D eigenvalue weighted by Crippen LogP contribution is -2.31. The van der Waals surface area contributed by atoms with Crippen molar-refractivity contribution in [3.05, 3.63) is 89.5 Å². The standard InChI is InChI=1S/C32H47NO2.C6H5NO/c1-8-11-12-13-14-15-16-17-20-28-21-18-22-29(24-23-28)27-33(6)30(19-9-2)25-26-31(10-3)35-32(4,5)34-7;8-5-6-2-1-3-7-4-6/h3,18-19,22-26,31H,8-9,11-16,21,27H2,1-2,4-7H3;1-5H/b26-25-,30-19+;. The van der Waals surface area contributed by atoms with Crippen molar-refractivity contribution < 1.29 is 14.3 Å². The molecule has 0 amide bonds. The number of aromatic nitrogens is 1. The maximum absolute atomic E-state index is 9.97. The highest BCUT2D eigenvalue weighted by Crippen LogP contribution is 2.17. The minimum Gasteiger partial charge on any atom is -0.371 e. The van der Waals surface area contributed by atoms with Crippen LogP contribution in [0.25, 0.3) is 0 Å². The van der Waals surface area contributed by atoms with Gasteiger partial charge in [0.05, 0.1) is 0 Å². The van der Waals surface area contributed by atoms with Crippen molar-refractivity contribution in [2.24, 2.45) is 0 Å². The zero-order chi connectivity index (χ0) is 31.8. The Kier molecular flexibility index (Phi) is 19.9. The average molecular weight is 585 g/mol. The van der Waals surface area contributed by atoms with E-state index < -0.39 is 11.9 Å². The monoisotopic (exact) mass is 584 g/mol. The molecule has 1 aliphatic rings. The van der Waals surface area contributed by atoms with E-state index in [0.717, 1.165) is 37.8 Å². The minimum atomic E-state index is -0.737. The number of hydrogen-bond acceptors (Lipinski definition) is 5. The number of likely N-dealkylation sites (N-methyl/N-ethyl adjacent to an activating group) is 1. The zero-order valence-electron chi connectivity index (χ0n) is 27.3. The summed E-state index contributed by atoms with van der Waals surface area (Å²) in [6.07, 6.45) is 34.7. The van der Waals surface area contributed by atoms with Crippen molar-refractivity contribution in [3.63, 3.8) is 0 Å². The minimum absolute atomic E-state index is 0.462. The number of aldehydes is 1. The quantitative estimate of drug-likeness (QED) is 0.0640. The van der Waals surface area contributed by atoms with E-state index in [2.05, 4.69) is 78.9 Å². The molecule has 0 saturated heterocycles. The van der Waals surface area contributed by atoms with Gasteiger partial charge in [-0.25, -0.2) is 0 Å². The van der Waals surface area contributed by atoms with Crippen LogP contribution in [0.4, 0.5) is 0 Å². The van der Waals surface area contributed by atoms with E-state index in [1.54, 1.807) is 25.4 Å². The lowest BCUT2D eigenvalue weighted by molar-refractivity contribution is -0.203. The molecule has 1 heterocycles. The predicted molar refractivity (Wildman–Crippen MR) is 180 cm³/mol. The molecule has 0 aliphatic heterocycles. The Labute approximate surface area is 261 Å².